The molecule has 9 nitrogen and oxygen atoms in total. The van der Waals surface area contributed by atoms with Crippen LogP contribution in [0.25, 0.3) is 0 Å². The lowest BCUT2D eigenvalue weighted by Crippen LogP contribution is -2.37. The Kier molecular flexibility index (Phi) is 60.0. The van der Waals surface area contributed by atoms with E-state index in [4.69, 9.17) is 18.5 Å². The van der Waals surface area contributed by atoms with Crippen LogP contribution >= 0.6 is 7.82 Å². The van der Waals surface area contributed by atoms with Gasteiger partial charge in [0.2, 0.25) is 0 Å². The maximum Gasteiger partial charge on any atom is 0.472 e. The predicted molar refractivity (Wildman–Crippen MR) is 344 cm³/mol. The van der Waals surface area contributed by atoms with Crippen LogP contribution < -0.4 is 0 Å². The van der Waals surface area contributed by atoms with Crippen LogP contribution in [-0.4, -0.2) is 74.9 Å². The van der Waals surface area contributed by atoms with E-state index in [1.165, 1.54) is 238 Å². The molecule has 0 radical (unpaired) electrons. The number of phosphoric ester groups is 1. The summed E-state index contributed by atoms with van der Waals surface area (Å²) in [6, 6.07) is 0. The molecule has 80 heavy (non-hydrogen) atoms. The Morgan fingerprint density at radius 3 is 1.07 bits per heavy atom. The Balaban J connectivity index is 3.87. The van der Waals surface area contributed by atoms with Crippen molar-refractivity contribution in [2.24, 2.45) is 0 Å². The lowest BCUT2D eigenvalue weighted by atomic mass is 10.0. The number of ether oxygens (including phenoxy) is 2. The summed E-state index contributed by atoms with van der Waals surface area (Å²) < 4.78 is 34.6. The molecule has 0 aliphatic carbocycles. The number of phosphoric acid groups is 1. The fraction of sp³-hybridized carbons (Fsp3) is 0.857. The number of carbonyl (C=O) groups is 2. The monoisotopic (exact) mass is 1150 g/mol. The second-order valence-corrected chi connectivity index (χ2v) is 26.0. The van der Waals surface area contributed by atoms with Gasteiger partial charge in [-0.3, -0.25) is 18.6 Å². The van der Waals surface area contributed by atoms with E-state index in [1.54, 1.807) is 0 Å². The molecule has 0 amide bonds. The predicted octanol–water partition coefficient (Wildman–Crippen LogP) is 22.1. The van der Waals surface area contributed by atoms with Crippen molar-refractivity contribution in [1.82, 2.24) is 0 Å². The third-order valence-electron chi connectivity index (χ3n) is 15.3. The molecule has 2 unspecified atom stereocenters. The summed E-state index contributed by atoms with van der Waals surface area (Å²) in [4.78, 5) is 35.7. The van der Waals surface area contributed by atoms with Gasteiger partial charge in [0.15, 0.2) is 6.10 Å². The Hall–Kier alpha value is -2.03. The Morgan fingerprint density at radius 1 is 0.400 bits per heavy atom. The summed E-state index contributed by atoms with van der Waals surface area (Å²) in [5.41, 5.74) is 0. The number of nitrogens with zero attached hydrogens (tertiary/aromatic N) is 1. The molecule has 2 atom stereocenters. The van der Waals surface area contributed by atoms with Crippen LogP contribution in [-0.2, 0) is 32.7 Å². The molecule has 0 heterocycles. The Bertz CT molecular complexity index is 1490. The minimum atomic E-state index is -4.39. The van der Waals surface area contributed by atoms with Crippen molar-refractivity contribution in [2.75, 3.05) is 47.5 Å². The van der Waals surface area contributed by atoms with Crippen molar-refractivity contribution in [3.05, 3.63) is 48.6 Å². The summed E-state index contributed by atoms with van der Waals surface area (Å²) in [5.74, 6) is -0.796. The normalized spacial score (nSPS) is 13.4. The van der Waals surface area contributed by atoms with Crippen molar-refractivity contribution in [2.45, 2.75) is 341 Å². The van der Waals surface area contributed by atoms with Crippen molar-refractivity contribution >= 4 is 19.8 Å². The van der Waals surface area contributed by atoms with E-state index in [0.717, 1.165) is 64.2 Å². The molecule has 0 aliphatic heterocycles. The third-order valence-corrected chi connectivity index (χ3v) is 16.3. The van der Waals surface area contributed by atoms with Crippen molar-refractivity contribution in [3.8, 4) is 0 Å². The van der Waals surface area contributed by atoms with E-state index in [2.05, 4.69) is 62.5 Å². The molecule has 0 saturated carbocycles. The average molecular weight is 1150 g/mol. The van der Waals surface area contributed by atoms with Gasteiger partial charge >= 0.3 is 19.8 Å². The van der Waals surface area contributed by atoms with Crippen LogP contribution in [0.15, 0.2) is 48.6 Å². The SMILES string of the molecule is CC/C=C\C/C=C\C/C=C\CCCCCCCCCC(=O)OC(COC(=O)CCCCCCCCCCCCCCCCCCCCCCCCCCCCC/C=C\CCCCCCCCCC)COP(=O)(O)OCC[N+](C)(C)C. The molecule has 0 fully saturated rings. The van der Waals surface area contributed by atoms with E-state index in [9.17, 15) is 19.0 Å². The van der Waals surface area contributed by atoms with Crippen molar-refractivity contribution in [1.29, 1.82) is 0 Å². The van der Waals surface area contributed by atoms with E-state index in [-0.39, 0.29) is 25.6 Å². The first-order valence-corrected chi connectivity index (χ1v) is 35.9. The second kappa shape index (κ2) is 61.5. The molecule has 0 aromatic carbocycles. The summed E-state index contributed by atoms with van der Waals surface area (Å²) in [6.45, 7) is 4.35. The molecule has 1 N–H and O–H groups in total. The van der Waals surface area contributed by atoms with E-state index < -0.39 is 26.5 Å². The zero-order valence-corrected chi connectivity index (χ0v) is 54.5. The quantitative estimate of drug-likeness (QED) is 0.0211. The van der Waals surface area contributed by atoms with Crippen LogP contribution in [0.3, 0.4) is 0 Å². The van der Waals surface area contributed by atoms with Crippen LogP contribution in [0.2, 0.25) is 0 Å². The minimum Gasteiger partial charge on any atom is -0.462 e. The number of hydrogen-bond acceptors (Lipinski definition) is 7. The van der Waals surface area contributed by atoms with E-state index in [0.29, 0.717) is 23.9 Å². The first kappa shape index (κ1) is 78.0. The molecular formula is C70H133NO8P+. The highest BCUT2D eigenvalue weighted by molar-refractivity contribution is 7.47. The lowest BCUT2D eigenvalue weighted by Gasteiger charge is -2.24. The smallest absolute Gasteiger partial charge is 0.462 e. The molecular weight excluding hydrogens is 1010 g/mol. The highest BCUT2D eigenvalue weighted by atomic mass is 31.2. The molecule has 0 bridgehead atoms. The fourth-order valence-electron chi connectivity index (χ4n) is 10.1. The molecule has 0 saturated heterocycles. The van der Waals surface area contributed by atoms with Gasteiger partial charge in [0, 0.05) is 12.8 Å². The van der Waals surface area contributed by atoms with E-state index >= 15 is 0 Å². The lowest BCUT2D eigenvalue weighted by molar-refractivity contribution is -0.870. The zero-order chi connectivity index (χ0) is 58.4. The number of quaternary nitrogens is 1. The molecule has 0 aromatic heterocycles. The topological polar surface area (TPSA) is 108 Å². The number of carbonyl (C=O) groups excluding carboxylic acids is 2. The Morgan fingerprint density at radius 2 is 0.713 bits per heavy atom. The largest absolute Gasteiger partial charge is 0.472 e. The summed E-state index contributed by atoms with van der Waals surface area (Å²) in [5, 5.41) is 0. The van der Waals surface area contributed by atoms with Crippen LogP contribution in [0.5, 0.6) is 0 Å². The molecule has 0 aromatic rings. The third kappa shape index (κ3) is 65.1. The van der Waals surface area contributed by atoms with Gasteiger partial charge in [-0.25, -0.2) is 4.57 Å². The zero-order valence-electron chi connectivity index (χ0n) is 53.6. The summed E-state index contributed by atoms with van der Waals surface area (Å²) in [7, 11) is 1.48. The highest BCUT2D eigenvalue weighted by Gasteiger charge is 2.27. The van der Waals surface area contributed by atoms with Gasteiger partial charge in [-0.15, -0.1) is 0 Å². The summed E-state index contributed by atoms with van der Waals surface area (Å²) in [6.07, 6.45) is 79.6. The van der Waals surface area contributed by atoms with Crippen LogP contribution in [0.4, 0.5) is 0 Å². The number of allylic oxidation sites excluding steroid dienone is 8. The standard InChI is InChI=1S/C70H132NO8P/c1-6-8-10-12-14-16-18-20-22-24-25-26-27-28-29-30-31-32-33-34-35-36-37-38-39-40-41-42-43-44-45-47-48-50-52-54-56-58-60-62-69(72)76-66-68(67-78-80(74,75)77-65-64-71(3,4)5)79-70(73)63-61-59-57-55-53-51-49-46-23-21-19-17-15-13-11-9-7-2/h9,11,15,17,21,23-25,68H,6-8,10,12-14,16,18-20,22,26-67H2,1-5H3/p+1/b11-9-,17-15-,23-21-,25-24-. The highest BCUT2D eigenvalue weighted by Crippen LogP contribution is 2.43. The molecule has 0 spiro atoms. The van der Waals surface area contributed by atoms with Gasteiger partial charge < -0.3 is 18.9 Å². The minimum absolute atomic E-state index is 0.0301. The first-order chi connectivity index (χ1) is 39.0. The number of likely N-dealkylation sites (N-methyl/N-ethyl adjacent to an activating group) is 1. The van der Waals surface area contributed by atoms with Gasteiger partial charge in [-0.05, 0) is 70.6 Å². The van der Waals surface area contributed by atoms with Crippen LogP contribution in [0.1, 0.15) is 335 Å². The second-order valence-electron chi connectivity index (χ2n) is 24.5. The van der Waals surface area contributed by atoms with E-state index in [1.807, 2.05) is 21.1 Å². The first-order valence-electron chi connectivity index (χ1n) is 34.4. The van der Waals surface area contributed by atoms with Gasteiger partial charge in [0.05, 0.1) is 27.7 Å². The Labute approximate surface area is 496 Å². The number of rotatable bonds is 64. The van der Waals surface area contributed by atoms with Gasteiger partial charge in [0.1, 0.15) is 19.8 Å². The molecule has 470 valence electrons. The van der Waals surface area contributed by atoms with Crippen molar-refractivity contribution < 1.29 is 42.1 Å². The number of unbranched alkanes of at least 4 members (excludes halogenated alkanes) is 42. The molecule has 0 rings (SSSR count). The average Bonchev–Trinajstić information content (AvgIpc) is 3.42. The number of esters is 2. The van der Waals surface area contributed by atoms with Gasteiger partial charge in [-0.1, -0.05) is 300 Å². The van der Waals surface area contributed by atoms with Crippen molar-refractivity contribution in [3.63, 3.8) is 0 Å². The van der Waals surface area contributed by atoms with Crippen LogP contribution in [0, 0.1) is 0 Å². The molecule has 0 aliphatic rings. The molecule has 10 heteroatoms. The maximum absolute atomic E-state index is 12.8. The van der Waals surface area contributed by atoms with Gasteiger partial charge in [-0.2, -0.15) is 0 Å². The van der Waals surface area contributed by atoms with Gasteiger partial charge in [0.25, 0.3) is 0 Å². The maximum atomic E-state index is 12.8. The summed E-state index contributed by atoms with van der Waals surface area (Å²) >= 11 is 0. The number of hydrogen-bond donors (Lipinski definition) is 1. The fourth-order valence-corrected chi connectivity index (χ4v) is 10.8.